The first-order chi connectivity index (χ1) is 12.4. The molecule has 0 aliphatic rings. The van der Waals surface area contributed by atoms with Crippen LogP contribution in [0.4, 0.5) is 0 Å². The number of nitrogens with one attached hydrogen (secondary N) is 1. The summed E-state index contributed by atoms with van der Waals surface area (Å²) < 4.78 is 1.72. The van der Waals surface area contributed by atoms with Crippen LogP contribution in [-0.4, -0.2) is 25.5 Å². The van der Waals surface area contributed by atoms with Crippen molar-refractivity contribution in [1.82, 2.24) is 24.9 Å². The second kappa shape index (κ2) is 6.17. The molecule has 0 unspecified atom stereocenters. The van der Waals surface area contributed by atoms with E-state index in [1.54, 1.807) is 10.0 Å². The molecule has 1 amide bonds. The lowest BCUT2D eigenvalue weighted by Gasteiger charge is -2.14. The number of aryl methyl sites for hydroxylation is 3. The summed E-state index contributed by atoms with van der Waals surface area (Å²) in [5.74, 6) is -0.123. The van der Waals surface area contributed by atoms with E-state index < -0.39 is 0 Å². The quantitative estimate of drug-likeness (QED) is 0.600. The summed E-state index contributed by atoms with van der Waals surface area (Å²) in [5, 5.41) is 8.12. The molecule has 0 bridgehead atoms. The van der Waals surface area contributed by atoms with Crippen LogP contribution in [0.2, 0.25) is 0 Å². The standard InChI is InChI=1S/C19H19N5OS/c1-10-5-11(2)17-14(6-10)15(7-12(3)21-17)18(25)22-13(4)16-8-24-19(23-16)26-9-20-24/h5-9,13H,1-4H3,(H,22,25)/t13-/m1/s1. The smallest absolute Gasteiger partial charge is 0.252 e. The van der Waals surface area contributed by atoms with E-state index in [4.69, 9.17) is 0 Å². The van der Waals surface area contributed by atoms with Crippen molar-refractivity contribution >= 4 is 33.1 Å². The molecule has 1 aromatic carbocycles. The van der Waals surface area contributed by atoms with Crippen LogP contribution in [0.25, 0.3) is 15.9 Å². The number of aromatic nitrogens is 4. The predicted octanol–water partition coefficient (Wildman–Crippen LogP) is 3.76. The lowest BCUT2D eigenvalue weighted by molar-refractivity contribution is 0.0940. The summed E-state index contributed by atoms with van der Waals surface area (Å²) in [4.78, 5) is 22.9. The molecule has 7 heteroatoms. The predicted molar refractivity (Wildman–Crippen MR) is 103 cm³/mol. The highest BCUT2D eigenvalue weighted by molar-refractivity contribution is 7.14. The Morgan fingerprint density at radius 2 is 2.00 bits per heavy atom. The molecule has 1 atom stereocenters. The minimum Gasteiger partial charge on any atom is -0.344 e. The van der Waals surface area contributed by atoms with Crippen LogP contribution in [-0.2, 0) is 0 Å². The van der Waals surface area contributed by atoms with Gasteiger partial charge in [-0.25, -0.2) is 9.50 Å². The molecule has 0 saturated heterocycles. The maximum absolute atomic E-state index is 13.0. The number of imidazole rings is 1. The molecule has 0 aliphatic carbocycles. The van der Waals surface area contributed by atoms with E-state index in [9.17, 15) is 4.79 Å². The highest BCUT2D eigenvalue weighted by atomic mass is 32.1. The van der Waals surface area contributed by atoms with Gasteiger partial charge in [0.25, 0.3) is 5.91 Å². The van der Waals surface area contributed by atoms with Gasteiger partial charge in [0, 0.05) is 11.1 Å². The van der Waals surface area contributed by atoms with Crippen LogP contribution in [0.5, 0.6) is 0 Å². The van der Waals surface area contributed by atoms with Crippen LogP contribution >= 0.6 is 11.3 Å². The molecule has 3 heterocycles. The van der Waals surface area contributed by atoms with E-state index in [1.807, 2.05) is 46.0 Å². The minimum absolute atomic E-state index is 0.123. The number of benzene rings is 1. The highest BCUT2D eigenvalue weighted by Gasteiger charge is 2.18. The molecule has 0 fully saturated rings. The Hall–Kier alpha value is -2.80. The molecular formula is C19H19N5OS. The molecule has 4 rings (SSSR count). The number of fused-ring (bicyclic) bond motifs is 2. The molecule has 6 nitrogen and oxygen atoms in total. The van der Waals surface area contributed by atoms with Gasteiger partial charge in [0.05, 0.1) is 29.0 Å². The average Bonchev–Trinajstić information content (AvgIpc) is 3.16. The summed E-state index contributed by atoms with van der Waals surface area (Å²) in [5.41, 5.74) is 7.07. The number of carbonyl (C=O) groups excluding carboxylic acids is 1. The molecule has 1 N–H and O–H groups in total. The Kier molecular flexibility index (Phi) is 3.96. The fraction of sp³-hybridized carbons (Fsp3) is 0.263. The summed E-state index contributed by atoms with van der Waals surface area (Å²) in [7, 11) is 0. The third kappa shape index (κ3) is 2.84. The molecule has 0 radical (unpaired) electrons. The van der Waals surface area contributed by atoms with Gasteiger partial charge >= 0.3 is 0 Å². The lowest BCUT2D eigenvalue weighted by atomic mass is 10.0. The van der Waals surface area contributed by atoms with Gasteiger partial charge in [0.15, 0.2) is 0 Å². The minimum atomic E-state index is -0.217. The van der Waals surface area contributed by atoms with Crippen LogP contribution in [0.15, 0.2) is 29.9 Å². The zero-order valence-corrected chi connectivity index (χ0v) is 15.9. The topological polar surface area (TPSA) is 72.2 Å². The number of nitrogens with zero attached hydrogens (tertiary/aromatic N) is 4. The Labute approximate surface area is 154 Å². The Morgan fingerprint density at radius 1 is 1.19 bits per heavy atom. The van der Waals surface area contributed by atoms with E-state index in [-0.39, 0.29) is 11.9 Å². The first-order valence-electron chi connectivity index (χ1n) is 8.40. The molecule has 4 aromatic rings. The number of hydrogen-bond acceptors (Lipinski definition) is 5. The third-order valence-electron chi connectivity index (χ3n) is 4.42. The van der Waals surface area contributed by atoms with Crippen molar-refractivity contribution in [3.8, 4) is 0 Å². The van der Waals surface area contributed by atoms with E-state index in [2.05, 4.69) is 26.4 Å². The van der Waals surface area contributed by atoms with Crippen molar-refractivity contribution in [1.29, 1.82) is 0 Å². The molecule has 132 valence electrons. The van der Waals surface area contributed by atoms with Crippen LogP contribution in [0, 0.1) is 20.8 Å². The van der Waals surface area contributed by atoms with Crippen molar-refractivity contribution in [3.05, 3.63) is 58.0 Å². The van der Waals surface area contributed by atoms with Crippen LogP contribution < -0.4 is 5.32 Å². The lowest BCUT2D eigenvalue weighted by Crippen LogP contribution is -2.27. The Bertz CT molecular complexity index is 1120. The Morgan fingerprint density at radius 3 is 2.77 bits per heavy atom. The van der Waals surface area contributed by atoms with Crippen molar-refractivity contribution in [2.45, 2.75) is 33.7 Å². The first-order valence-corrected chi connectivity index (χ1v) is 9.28. The number of pyridine rings is 1. The largest absolute Gasteiger partial charge is 0.344 e. The number of carbonyl (C=O) groups is 1. The van der Waals surface area contributed by atoms with Crippen molar-refractivity contribution in [3.63, 3.8) is 0 Å². The van der Waals surface area contributed by atoms with Crippen LogP contribution in [0.1, 0.15) is 45.8 Å². The van der Waals surface area contributed by atoms with E-state index in [0.29, 0.717) is 5.56 Å². The molecule has 0 spiro atoms. The summed E-state index contributed by atoms with van der Waals surface area (Å²) in [6.07, 6.45) is 1.85. The Balaban J connectivity index is 1.70. The van der Waals surface area contributed by atoms with Crippen molar-refractivity contribution in [2.24, 2.45) is 0 Å². The number of amides is 1. The van der Waals surface area contributed by atoms with E-state index >= 15 is 0 Å². The normalized spacial score (nSPS) is 12.6. The summed E-state index contributed by atoms with van der Waals surface area (Å²) >= 11 is 1.47. The molecule has 0 aliphatic heterocycles. The second-order valence-electron chi connectivity index (χ2n) is 6.62. The SMILES string of the molecule is Cc1cc(C)c2nc(C)cc(C(=O)N[C@H](C)c3cn4ncsc4n3)c2c1. The average molecular weight is 365 g/mol. The third-order valence-corrected chi connectivity index (χ3v) is 5.11. The van der Waals surface area contributed by atoms with Gasteiger partial charge in [-0.15, -0.1) is 0 Å². The second-order valence-corrected chi connectivity index (χ2v) is 7.43. The van der Waals surface area contributed by atoms with Crippen molar-refractivity contribution in [2.75, 3.05) is 0 Å². The van der Waals surface area contributed by atoms with Gasteiger partial charge in [0.2, 0.25) is 4.96 Å². The summed E-state index contributed by atoms with van der Waals surface area (Å²) in [6.45, 7) is 7.89. The van der Waals surface area contributed by atoms with Gasteiger partial charge in [-0.2, -0.15) is 5.10 Å². The van der Waals surface area contributed by atoms with Crippen molar-refractivity contribution < 1.29 is 4.79 Å². The zero-order chi connectivity index (χ0) is 18.4. The van der Waals surface area contributed by atoms with Gasteiger partial charge in [-0.3, -0.25) is 9.78 Å². The van der Waals surface area contributed by atoms with Gasteiger partial charge < -0.3 is 5.32 Å². The van der Waals surface area contributed by atoms with Gasteiger partial charge in [-0.1, -0.05) is 23.0 Å². The summed E-state index contributed by atoms with van der Waals surface area (Å²) in [6, 6.07) is 5.73. The van der Waals surface area contributed by atoms with E-state index in [1.165, 1.54) is 11.3 Å². The molecule has 26 heavy (non-hydrogen) atoms. The number of rotatable bonds is 3. The van der Waals surface area contributed by atoms with Crippen LogP contribution in [0.3, 0.4) is 0 Å². The van der Waals surface area contributed by atoms with E-state index in [0.717, 1.165) is 38.4 Å². The first kappa shape index (κ1) is 16.7. The maximum atomic E-state index is 13.0. The molecule has 3 aromatic heterocycles. The zero-order valence-electron chi connectivity index (χ0n) is 15.1. The van der Waals surface area contributed by atoms with Gasteiger partial charge in [-0.05, 0) is 45.4 Å². The maximum Gasteiger partial charge on any atom is 0.252 e. The molecule has 0 saturated carbocycles. The van der Waals surface area contributed by atoms with Gasteiger partial charge in [0.1, 0.15) is 5.51 Å². The number of hydrogen-bond donors (Lipinski definition) is 1. The highest BCUT2D eigenvalue weighted by Crippen LogP contribution is 2.24. The molecular weight excluding hydrogens is 346 g/mol. The fourth-order valence-corrected chi connectivity index (χ4v) is 3.82. The monoisotopic (exact) mass is 365 g/mol. The fourth-order valence-electron chi connectivity index (χ4n) is 3.21.